The largest absolute Gasteiger partial charge is 0.252 e. The number of rotatable bonds is 7. The van der Waals surface area contributed by atoms with E-state index in [-0.39, 0.29) is 0 Å². The fourth-order valence-electron chi connectivity index (χ4n) is 2.84. The molecule has 0 heterocycles. The molecule has 0 spiro atoms. The van der Waals surface area contributed by atoms with E-state index in [0.29, 0.717) is 0 Å². The predicted octanol–water partition coefficient (Wildman–Crippen LogP) is 6.57. The minimum atomic E-state index is 0.856. The summed E-state index contributed by atoms with van der Waals surface area (Å²) in [5, 5.41) is 0. The van der Waals surface area contributed by atoms with E-state index in [0.717, 1.165) is 42.1 Å². The van der Waals surface area contributed by atoms with Gasteiger partial charge in [0.1, 0.15) is 0 Å². The van der Waals surface area contributed by atoms with Gasteiger partial charge >= 0.3 is 0 Å². The Hall–Kier alpha value is -3.00. The molecule has 0 aliphatic rings. The first-order valence-corrected chi connectivity index (χ1v) is 9.14. The number of nitrogens with zero attached hydrogens (tertiary/aromatic N) is 2. The molecule has 0 unspecified atom stereocenters. The maximum absolute atomic E-state index is 4.93. The summed E-state index contributed by atoms with van der Waals surface area (Å²) in [7, 11) is 0. The molecule has 3 aromatic rings. The van der Waals surface area contributed by atoms with Crippen molar-refractivity contribution in [3.05, 3.63) is 96.6 Å². The first-order chi connectivity index (χ1) is 12.8. The molecule has 0 aromatic heterocycles. The molecule has 130 valence electrons. The maximum atomic E-state index is 4.93. The Morgan fingerprint density at radius 3 is 1.58 bits per heavy atom. The molecule has 0 radical (unpaired) electrons. The van der Waals surface area contributed by atoms with Crippen LogP contribution < -0.4 is 0 Å². The summed E-state index contributed by atoms with van der Waals surface area (Å²) in [6.45, 7) is 2.14. The summed E-state index contributed by atoms with van der Waals surface area (Å²) < 4.78 is 0. The van der Waals surface area contributed by atoms with Crippen molar-refractivity contribution in [2.75, 3.05) is 0 Å². The SMILES string of the molecule is CCC(=Nc1ccccc1)C(CCc1ccccc1)=Nc1ccccc1. The summed E-state index contributed by atoms with van der Waals surface area (Å²) in [5.41, 5.74) is 5.39. The lowest BCUT2D eigenvalue weighted by atomic mass is 10.0. The van der Waals surface area contributed by atoms with E-state index in [1.54, 1.807) is 0 Å². The number of benzene rings is 3. The van der Waals surface area contributed by atoms with Gasteiger partial charge < -0.3 is 0 Å². The van der Waals surface area contributed by atoms with Crippen molar-refractivity contribution in [3.63, 3.8) is 0 Å². The molecule has 0 aliphatic heterocycles. The summed E-state index contributed by atoms with van der Waals surface area (Å²) in [6.07, 6.45) is 2.69. The first kappa shape index (κ1) is 17.8. The van der Waals surface area contributed by atoms with Crippen molar-refractivity contribution >= 4 is 22.8 Å². The second kappa shape index (κ2) is 9.47. The van der Waals surface area contributed by atoms with E-state index in [9.17, 15) is 0 Å². The van der Waals surface area contributed by atoms with Crippen LogP contribution in [-0.2, 0) is 6.42 Å². The zero-order valence-electron chi connectivity index (χ0n) is 15.2. The quantitative estimate of drug-likeness (QED) is 0.434. The van der Waals surface area contributed by atoms with E-state index in [1.807, 2.05) is 60.7 Å². The van der Waals surface area contributed by atoms with E-state index < -0.39 is 0 Å². The van der Waals surface area contributed by atoms with Crippen LogP contribution in [0.5, 0.6) is 0 Å². The molecule has 0 fully saturated rings. The highest BCUT2D eigenvalue weighted by Crippen LogP contribution is 2.17. The summed E-state index contributed by atoms with van der Waals surface area (Å²) in [4.78, 5) is 9.80. The molecule has 0 N–H and O–H groups in total. The minimum absolute atomic E-state index is 0.856. The van der Waals surface area contributed by atoms with Crippen molar-refractivity contribution in [1.29, 1.82) is 0 Å². The average molecular weight is 340 g/mol. The third kappa shape index (κ3) is 5.25. The first-order valence-electron chi connectivity index (χ1n) is 9.14. The number of aryl methyl sites for hydroxylation is 1. The smallest absolute Gasteiger partial charge is 0.0633 e. The minimum Gasteiger partial charge on any atom is -0.252 e. The Balaban J connectivity index is 1.90. The van der Waals surface area contributed by atoms with Crippen molar-refractivity contribution in [2.24, 2.45) is 9.98 Å². The van der Waals surface area contributed by atoms with Gasteiger partial charge in [-0.15, -0.1) is 0 Å². The molecule has 26 heavy (non-hydrogen) atoms. The van der Waals surface area contributed by atoms with Gasteiger partial charge in [0, 0.05) is 0 Å². The maximum Gasteiger partial charge on any atom is 0.0633 e. The highest BCUT2D eigenvalue weighted by molar-refractivity contribution is 6.43. The third-order valence-corrected chi connectivity index (χ3v) is 4.20. The lowest BCUT2D eigenvalue weighted by Gasteiger charge is -2.10. The molecule has 3 rings (SSSR count). The lowest BCUT2D eigenvalue weighted by molar-refractivity contribution is 1.04. The summed E-state index contributed by atoms with van der Waals surface area (Å²) in [6, 6.07) is 30.8. The van der Waals surface area contributed by atoms with Crippen LogP contribution in [0.25, 0.3) is 0 Å². The molecular weight excluding hydrogens is 316 g/mol. The summed E-state index contributed by atoms with van der Waals surface area (Å²) >= 11 is 0. The zero-order valence-corrected chi connectivity index (χ0v) is 15.2. The molecule has 0 bridgehead atoms. The van der Waals surface area contributed by atoms with Gasteiger partial charge in [0.25, 0.3) is 0 Å². The highest BCUT2D eigenvalue weighted by atomic mass is 14.8. The van der Waals surface area contributed by atoms with Crippen LogP contribution in [0, 0.1) is 0 Å². The monoisotopic (exact) mass is 340 g/mol. The van der Waals surface area contributed by atoms with Gasteiger partial charge in [-0.05, 0) is 49.1 Å². The fourth-order valence-corrected chi connectivity index (χ4v) is 2.84. The molecule has 0 atom stereocenters. The van der Waals surface area contributed by atoms with Crippen LogP contribution in [0.4, 0.5) is 11.4 Å². The predicted molar refractivity (Wildman–Crippen MR) is 112 cm³/mol. The van der Waals surface area contributed by atoms with Crippen molar-refractivity contribution in [2.45, 2.75) is 26.2 Å². The standard InChI is InChI=1S/C24H24N2/c1-2-23(25-21-14-8-4-9-15-21)24(26-22-16-10-5-11-17-22)19-18-20-12-6-3-7-13-20/h3-17H,2,18-19H2,1H3. The van der Waals surface area contributed by atoms with E-state index in [1.165, 1.54) is 5.56 Å². The molecule has 0 amide bonds. The number of aliphatic imine (C=N–C) groups is 2. The molecule has 0 aliphatic carbocycles. The third-order valence-electron chi connectivity index (χ3n) is 4.20. The molecule has 0 saturated carbocycles. The van der Waals surface area contributed by atoms with Crippen LogP contribution in [-0.4, -0.2) is 11.4 Å². The Labute approximate surface area is 156 Å². The van der Waals surface area contributed by atoms with Gasteiger partial charge in [-0.3, -0.25) is 9.98 Å². The van der Waals surface area contributed by atoms with Gasteiger partial charge in [0.15, 0.2) is 0 Å². The second-order valence-corrected chi connectivity index (χ2v) is 6.13. The molecular formula is C24H24N2. The van der Waals surface area contributed by atoms with E-state index in [2.05, 4.69) is 37.3 Å². The highest BCUT2D eigenvalue weighted by Gasteiger charge is 2.09. The van der Waals surface area contributed by atoms with Gasteiger partial charge in [-0.1, -0.05) is 73.7 Å². The van der Waals surface area contributed by atoms with Gasteiger partial charge in [-0.2, -0.15) is 0 Å². The fraction of sp³-hybridized carbons (Fsp3) is 0.167. The van der Waals surface area contributed by atoms with Crippen LogP contribution in [0.15, 0.2) is 101 Å². The topological polar surface area (TPSA) is 24.7 Å². The molecule has 2 nitrogen and oxygen atoms in total. The van der Waals surface area contributed by atoms with Crippen LogP contribution in [0.2, 0.25) is 0 Å². The van der Waals surface area contributed by atoms with E-state index >= 15 is 0 Å². The van der Waals surface area contributed by atoms with Gasteiger partial charge in [0.05, 0.1) is 22.8 Å². The molecule has 0 saturated heterocycles. The molecule has 2 heteroatoms. The Bertz CT molecular complexity index is 850. The lowest BCUT2D eigenvalue weighted by Crippen LogP contribution is -2.14. The van der Waals surface area contributed by atoms with Crippen LogP contribution in [0.3, 0.4) is 0 Å². The van der Waals surface area contributed by atoms with Crippen LogP contribution >= 0.6 is 0 Å². The van der Waals surface area contributed by atoms with Crippen molar-refractivity contribution in [3.8, 4) is 0 Å². The second-order valence-electron chi connectivity index (χ2n) is 6.13. The van der Waals surface area contributed by atoms with Gasteiger partial charge in [0.2, 0.25) is 0 Å². The Morgan fingerprint density at radius 2 is 1.08 bits per heavy atom. The van der Waals surface area contributed by atoms with Gasteiger partial charge in [-0.25, -0.2) is 0 Å². The van der Waals surface area contributed by atoms with Crippen molar-refractivity contribution in [1.82, 2.24) is 0 Å². The Kier molecular flexibility index (Phi) is 6.49. The van der Waals surface area contributed by atoms with Crippen LogP contribution in [0.1, 0.15) is 25.3 Å². The number of hydrogen-bond donors (Lipinski definition) is 0. The number of hydrogen-bond acceptors (Lipinski definition) is 2. The van der Waals surface area contributed by atoms with Crippen molar-refractivity contribution < 1.29 is 0 Å². The normalized spacial score (nSPS) is 12.2. The number of para-hydroxylation sites is 2. The molecule has 3 aromatic carbocycles. The Morgan fingerprint density at radius 1 is 0.615 bits per heavy atom. The summed E-state index contributed by atoms with van der Waals surface area (Å²) in [5.74, 6) is 0. The van der Waals surface area contributed by atoms with E-state index in [4.69, 9.17) is 9.98 Å². The average Bonchev–Trinajstić information content (AvgIpc) is 2.72. The zero-order chi connectivity index (χ0) is 18.0.